The van der Waals surface area contributed by atoms with Crippen LogP contribution in [0.2, 0.25) is 0 Å². The van der Waals surface area contributed by atoms with Crippen LogP contribution in [0.4, 0.5) is 0 Å². The van der Waals surface area contributed by atoms with Gasteiger partial charge in [0.2, 0.25) is 0 Å². The van der Waals surface area contributed by atoms with Gasteiger partial charge in [-0.05, 0) is 59.9 Å². The van der Waals surface area contributed by atoms with E-state index in [1.807, 2.05) is 37.3 Å². The molecule has 4 aromatic rings. The Morgan fingerprint density at radius 2 is 1.79 bits per heavy atom. The maximum Gasteiger partial charge on any atom is 0.335 e. The van der Waals surface area contributed by atoms with Gasteiger partial charge >= 0.3 is 5.97 Å². The molecule has 0 saturated heterocycles. The zero-order valence-corrected chi connectivity index (χ0v) is 19.5. The summed E-state index contributed by atoms with van der Waals surface area (Å²) in [5, 5.41) is 15.8. The number of rotatable bonds is 6. The first-order chi connectivity index (χ1) is 16.5. The molecule has 0 radical (unpaired) electrons. The summed E-state index contributed by atoms with van der Waals surface area (Å²) in [4.78, 5) is 11.7. The number of carbonyl (C=O) groups is 1. The number of carboxylic acids is 1. The van der Waals surface area contributed by atoms with Crippen molar-refractivity contribution >= 4 is 16.7 Å². The Hall–Kier alpha value is -3.63. The molecule has 1 aliphatic rings. The topological polar surface area (TPSA) is 58.6 Å². The molecule has 34 heavy (non-hydrogen) atoms. The fourth-order valence-electron chi connectivity index (χ4n) is 5.07. The minimum absolute atomic E-state index is 0.0214. The van der Waals surface area contributed by atoms with E-state index in [2.05, 4.69) is 66.8 Å². The molecule has 4 heteroatoms. The van der Waals surface area contributed by atoms with Gasteiger partial charge in [0, 0.05) is 24.1 Å². The predicted molar refractivity (Wildman–Crippen MR) is 136 cm³/mol. The van der Waals surface area contributed by atoms with Crippen molar-refractivity contribution in [1.29, 1.82) is 0 Å². The molecule has 0 aliphatic carbocycles. The van der Waals surface area contributed by atoms with Gasteiger partial charge in [-0.2, -0.15) is 0 Å². The lowest BCUT2D eigenvalue weighted by atomic mass is 9.83. The van der Waals surface area contributed by atoms with Gasteiger partial charge in [-0.1, -0.05) is 72.8 Å². The van der Waals surface area contributed by atoms with E-state index in [1.54, 1.807) is 0 Å². The van der Waals surface area contributed by atoms with Crippen LogP contribution >= 0.6 is 0 Å². The summed E-state index contributed by atoms with van der Waals surface area (Å²) >= 11 is 0. The first-order valence-electron chi connectivity index (χ1n) is 11.8. The molecule has 172 valence electrons. The molecular formula is C30H29NO3. The fourth-order valence-corrected chi connectivity index (χ4v) is 5.07. The van der Waals surface area contributed by atoms with Crippen molar-refractivity contribution in [1.82, 2.24) is 5.32 Å². The van der Waals surface area contributed by atoms with E-state index in [4.69, 9.17) is 4.74 Å². The van der Waals surface area contributed by atoms with E-state index in [0.29, 0.717) is 12.1 Å². The third-order valence-electron chi connectivity index (χ3n) is 6.92. The van der Waals surface area contributed by atoms with Gasteiger partial charge in [0.05, 0.1) is 5.56 Å². The van der Waals surface area contributed by atoms with Crippen molar-refractivity contribution in [3.8, 4) is 5.75 Å². The minimum atomic E-state index is -0.887. The molecule has 0 saturated carbocycles. The smallest absolute Gasteiger partial charge is 0.335 e. The van der Waals surface area contributed by atoms with Crippen LogP contribution in [0.1, 0.15) is 57.9 Å². The quantitative estimate of drug-likeness (QED) is 0.352. The Bertz CT molecular complexity index is 1340. The normalized spacial score (nSPS) is 18.2. The second-order valence-electron chi connectivity index (χ2n) is 9.14. The van der Waals surface area contributed by atoms with Crippen LogP contribution in [0.25, 0.3) is 10.8 Å². The zero-order valence-electron chi connectivity index (χ0n) is 19.5. The highest BCUT2D eigenvalue weighted by molar-refractivity contribution is 5.89. The number of ether oxygens (including phenoxy) is 1. The van der Waals surface area contributed by atoms with Gasteiger partial charge in [-0.25, -0.2) is 4.79 Å². The molecule has 0 bridgehead atoms. The zero-order chi connectivity index (χ0) is 23.7. The molecule has 1 aliphatic heterocycles. The summed E-state index contributed by atoms with van der Waals surface area (Å²) < 4.78 is 6.38. The van der Waals surface area contributed by atoms with Crippen LogP contribution in [0, 0.1) is 6.92 Å². The van der Waals surface area contributed by atoms with Crippen LogP contribution < -0.4 is 10.1 Å². The summed E-state index contributed by atoms with van der Waals surface area (Å²) in [6.07, 6.45) is 0.765. The maximum atomic E-state index is 11.7. The van der Waals surface area contributed by atoms with Crippen molar-refractivity contribution in [3.63, 3.8) is 0 Å². The Balaban J connectivity index is 1.39. The highest BCUT2D eigenvalue weighted by Gasteiger charge is 2.30. The Morgan fingerprint density at radius 3 is 2.65 bits per heavy atom. The largest absolute Gasteiger partial charge is 0.489 e. The van der Waals surface area contributed by atoms with Crippen LogP contribution in [0.15, 0.2) is 84.9 Å². The SMILES string of the molecule is Cc1ccc([C@H]2C[C@H](CNC(C)c3cccc4ccccc34)Oc3ccccc32)cc1C(=O)O. The molecule has 0 fully saturated rings. The molecule has 0 amide bonds. The number of aryl methyl sites for hydroxylation is 1. The number of fused-ring (bicyclic) bond motifs is 2. The van der Waals surface area contributed by atoms with Crippen LogP contribution in [-0.4, -0.2) is 23.7 Å². The highest BCUT2D eigenvalue weighted by atomic mass is 16.5. The van der Waals surface area contributed by atoms with Gasteiger partial charge in [0.15, 0.2) is 0 Å². The second-order valence-corrected chi connectivity index (χ2v) is 9.14. The summed E-state index contributed by atoms with van der Waals surface area (Å²) in [7, 11) is 0. The van der Waals surface area contributed by atoms with Crippen molar-refractivity contribution < 1.29 is 14.6 Å². The van der Waals surface area contributed by atoms with Crippen LogP contribution in [0.3, 0.4) is 0 Å². The monoisotopic (exact) mass is 451 g/mol. The van der Waals surface area contributed by atoms with Gasteiger partial charge in [0.1, 0.15) is 11.9 Å². The van der Waals surface area contributed by atoms with Gasteiger partial charge in [0.25, 0.3) is 0 Å². The van der Waals surface area contributed by atoms with E-state index in [1.165, 1.54) is 16.3 Å². The summed E-state index contributed by atoms with van der Waals surface area (Å²) in [6, 6.07) is 29.0. The van der Waals surface area contributed by atoms with Crippen molar-refractivity contribution in [2.75, 3.05) is 6.54 Å². The molecule has 1 heterocycles. The van der Waals surface area contributed by atoms with Crippen molar-refractivity contribution in [2.24, 2.45) is 0 Å². The summed E-state index contributed by atoms with van der Waals surface area (Å²) in [5.74, 6) is 0.0750. The number of hydrogen-bond donors (Lipinski definition) is 2. The van der Waals surface area contributed by atoms with Gasteiger partial charge < -0.3 is 15.2 Å². The third kappa shape index (κ3) is 4.29. The molecular weight excluding hydrogens is 422 g/mol. The van der Waals surface area contributed by atoms with Gasteiger partial charge in [-0.15, -0.1) is 0 Å². The predicted octanol–water partition coefficient (Wildman–Crippen LogP) is 6.48. The van der Waals surface area contributed by atoms with Crippen LogP contribution in [0.5, 0.6) is 5.75 Å². The highest BCUT2D eigenvalue weighted by Crippen LogP contribution is 2.40. The van der Waals surface area contributed by atoms with Gasteiger partial charge in [-0.3, -0.25) is 0 Å². The molecule has 4 aromatic carbocycles. The van der Waals surface area contributed by atoms with E-state index < -0.39 is 5.97 Å². The Labute approximate surface area is 200 Å². The number of aromatic carboxylic acids is 1. The minimum Gasteiger partial charge on any atom is -0.489 e. The lowest BCUT2D eigenvalue weighted by molar-refractivity contribution is 0.0696. The summed E-state index contributed by atoms with van der Waals surface area (Å²) in [6.45, 7) is 4.73. The molecule has 5 rings (SSSR count). The average molecular weight is 452 g/mol. The number of benzene rings is 4. The number of hydrogen-bond acceptors (Lipinski definition) is 3. The average Bonchev–Trinajstić information content (AvgIpc) is 2.86. The van der Waals surface area contributed by atoms with E-state index in [0.717, 1.165) is 28.9 Å². The number of nitrogens with one attached hydrogen (secondary N) is 1. The Kier molecular flexibility index (Phi) is 6.08. The molecule has 0 spiro atoms. The van der Waals surface area contributed by atoms with E-state index in [9.17, 15) is 9.90 Å². The number of carboxylic acid groups (broad SMARTS) is 1. The molecule has 4 nitrogen and oxygen atoms in total. The second kappa shape index (κ2) is 9.32. The lowest BCUT2D eigenvalue weighted by Crippen LogP contribution is -2.37. The van der Waals surface area contributed by atoms with Crippen molar-refractivity contribution in [3.05, 3.63) is 113 Å². The molecule has 2 N–H and O–H groups in total. The standard InChI is InChI=1S/C30H29NO3/c1-19-14-15-22(16-27(19)30(32)33)28-17-23(34-29-13-6-5-11-26(28)29)18-31-20(2)24-12-7-9-21-8-3-4-10-25(21)24/h3-16,20,23,28,31H,17-18H2,1-2H3,(H,32,33)/t20?,23-,28-/m1/s1. The van der Waals surface area contributed by atoms with E-state index >= 15 is 0 Å². The van der Waals surface area contributed by atoms with E-state index in [-0.39, 0.29) is 18.1 Å². The molecule has 1 unspecified atom stereocenters. The maximum absolute atomic E-state index is 11.7. The first kappa shape index (κ1) is 22.2. The molecule has 0 aromatic heterocycles. The number of para-hydroxylation sites is 1. The first-order valence-corrected chi connectivity index (χ1v) is 11.8. The summed E-state index contributed by atoms with van der Waals surface area (Å²) in [5.41, 5.74) is 4.54. The van der Waals surface area contributed by atoms with Crippen molar-refractivity contribution in [2.45, 2.75) is 38.3 Å². The fraction of sp³-hybridized carbons (Fsp3) is 0.233. The lowest BCUT2D eigenvalue weighted by Gasteiger charge is -2.33. The van der Waals surface area contributed by atoms with Crippen LogP contribution in [-0.2, 0) is 0 Å². The molecule has 3 atom stereocenters. The third-order valence-corrected chi connectivity index (χ3v) is 6.92. The Morgan fingerprint density at radius 1 is 1.03 bits per heavy atom.